The molecule has 0 atom stereocenters. The fourth-order valence-corrected chi connectivity index (χ4v) is 13.1. The molecule has 0 spiro atoms. The van der Waals surface area contributed by atoms with Crippen molar-refractivity contribution in [3.8, 4) is 56.8 Å². The molecule has 416 valence electrons. The molecule has 0 bridgehead atoms. The molecule has 10 aromatic carbocycles. The van der Waals surface area contributed by atoms with Crippen molar-refractivity contribution in [1.82, 2.24) is 28.2 Å². The predicted octanol–water partition coefficient (Wildman–Crippen LogP) is 20.2. The van der Waals surface area contributed by atoms with Crippen LogP contribution in [-0.4, -0.2) is 28.2 Å². The summed E-state index contributed by atoms with van der Waals surface area (Å²) in [5.41, 5.74) is 17.5. The number of hydrogen-bond donors (Lipinski definition) is 0. The average Bonchev–Trinajstić information content (AvgIpc) is 1.63. The fraction of sp³-hybridized carbons (Fsp3) is 0.103. The summed E-state index contributed by atoms with van der Waals surface area (Å²) in [4.78, 5) is 10.1. The third-order valence-corrected chi connectivity index (χ3v) is 17.2. The summed E-state index contributed by atoms with van der Waals surface area (Å²) in [6.45, 7) is 13.5. The standard InChI is InChI=1S/C78H58N6O.Pt/c1-77(2,3)51-39-41-79-73(45-51)83-67-37-31-49(57-25-17-29-69-75(57)61-23-13-15-27-65(61)81(69)53-19-9-7-10-20-53)43-63(67)59-35-33-55(47-71(59)83)85-56-34-36-60-64-44-50(32-38-68(64)84(72(60)48-56)74-46-52(40-42-80-74)78(4,5)6)58-26-18-30-70-76(58)62-24-14-16-28-66(62)82(70)54-21-11-8-12-22-54;/h7-46H,1-6H3;/q-2;+2. The fourth-order valence-electron chi connectivity index (χ4n) is 13.1. The zero-order chi connectivity index (χ0) is 57.3. The maximum atomic E-state index is 6.98. The zero-order valence-corrected chi connectivity index (χ0v) is 50.8. The van der Waals surface area contributed by atoms with Crippen LogP contribution in [0.25, 0.3) is 132 Å². The van der Waals surface area contributed by atoms with Crippen molar-refractivity contribution in [2.75, 3.05) is 0 Å². The van der Waals surface area contributed by atoms with Crippen molar-refractivity contribution >= 4 is 87.2 Å². The number of benzene rings is 10. The summed E-state index contributed by atoms with van der Waals surface area (Å²) in [6, 6.07) is 90.5. The molecule has 0 aliphatic rings. The summed E-state index contributed by atoms with van der Waals surface area (Å²) < 4.78 is 16.2. The van der Waals surface area contributed by atoms with Gasteiger partial charge in [0, 0.05) is 67.8 Å². The maximum absolute atomic E-state index is 6.98. The molecule has 6 heterocycles. The molecule has 0 saturated carbocycles. The molecule has 0 radical (unpaired) electrons. The quantitative estimate of drug-likeness (QED) is 0.143. The van der Waals surface area contributed by atoms with E-state index >= 15 is 0 Å². The van der Waals surface area contributed by atoms with Crippen molar-refractivity contribution in [2.45, 2.75) is 52.4 Å². The second kappa shape index (κ2) is 20.2. The molecule has 16 rings (SSSR count). The van der Waals surface area contributed by atoms with E-state index in [4.69, 9.17) is 14.7 Å². The molecule has 16 aromatic rings. The van der Waals surface area contributed by atoms with Gasteiger partial charge in [-0.2, -0.15) is 12.1 Å². The predicted molar refractivity (Wildman–Crippen MR) is 352 cm³/mol. The first kappa shape index (κ1) is 53.0. The van der Waals surface area contributed by atoms with Crippen molar-refractivity contribution in [3.63, 3.8) is 0 Å². The largest absolute Gasteiger partial charge is 2.00 e. The first-order chi connectivity index (χ1) is 41.4. The molecule has 6 aromatic heterocycles. The minimum atomic E-state index is -0.0976. The number of para-hydroxylation sites is 4. The summed E-state index contributed by atoms with van der Waals surface area (Å²) in [7, 11) is 0. The van der Waals surface area contributed by atoms with Crippen LogP contribution in [0.1, 0.15) is 52.7 Å². The molecule has 7 nitrogen and oxygen atoms in total. The van der Waals surface area contributed by atoms with Gasteiger partial charge in [0.05, 0.1) is 22.1 Å². The Morgan fingerprint density at radius 3 is 1.16 bits per heavy atom. The van der Waals surface area contributed by atoms with Gasteiger partial charge in [-0.15, -0.1) is 35.0 Å². The van der Waals surface area contributed by atoms with E-state index < -0.39 is 0 Å². The number of ether oxygens (including phenoxy) is 1. The van der Waals surface area contributed by atoms with Crippen molar-refractivity contribution in [2.24, 2.45) is 0 Å². The average molecular weight is 1290 g/mol. The smallest absolute Gasteiger partial charge is 0.509 e. The third kappa shape index (κ3) is 8.50. The summed E-state index contributed by atoms with van der Waals surface area (Å²) in [5, 5.41) is 9.16. The first-order valence-electron chi connectivity index (χ1n) is 29.2. The molecule has 86 heavy (non-hydrogen) atoms. The molecule has 0 fully saturated rings. The van der Waals surface area contributed by atoms with E-state index in [-0.39, 0.29) is 31.9 Å². The number of fused-ring (bicyclic) bond motifs is 12. The molecule has 0 unspecified atom stereocenters. The molecular formula is C78H58N6OPt. The van der Waals surface area contributed by atoms with Gasteiger partial charge in [-0.25, -0.2) is 9.97 Å². The van der Waals surface area contributed by atoms with Crippen molar-refractivity contribution in [3.05, 3.63) is 266 Å². The SMILES string of the molecule is CC(C)(C)c1ccnc(-n2c3[c-]c(Oc4[c-]c5c(cc4)c4cc(-c6cccc7c6c6ccccc6n7-c6ccccc6)ccc4n5-c4cc(C(C)(C)C)ccn4)ccc3c3cc(-c4cccc5c4c4ccccc4n5-c4ccccc4)ccc32)c1.[Pt+2]. The number of aromatic nitrogens is 6. The van der Waals surface area contributed by atoms with E-state index in [2.05, 4.69) is 290 Å². The third-order valence-electron chi connectivity index (χ3n) is 17.2. The maximum Gasteiger partial charge on any atom is 2.00 e. The van der Waals surface area contributed by atoms with Crippen LogP contribution in [0.2, 0.25) is 0 Å². The van der Waals surface area contributed by atoms with E-state index in [0.717, 1.165) is 88.8 Å². The van der Waals surface area contributed by atoms with Crippen LogP contribution in [-0.2, 0) is 31.9 Å². The van der Waals surface area contributed by atoms with Gasteiger partial charge in [0.25, 0.3) is 0 Å². The van der Waals surface area contributed by atoms with E-state index in [1.807, 2.05) is 24.5 Å². The Labute approximate surface area is 513 Å². The zero-order valence-electron chi connectivity index (χ0n) is 48.5. The van der Waals surface area contributed by atoms with Gasteiger partial charge >= 0.3 is 21.1 Å². The van der Waals surface area contributed by atoms with E-state index in [1.165, 1.54) is 54.8 Å². The van der Waals surface area contributed by atoms with Crippen LogP contribution < -0.4 is 4.74 Å². The summed E-state index contributed by atoms with van der Waals surface area (Å²) >= 11 is 0. The van der Waals surface area contributed by atoms with Crippen LogP contribution in [0.4, 0.5) is 0 Å². The monoisotopic (exact) mass is 1290 g/mol. The minimum Gasteiger partial charge on any atom is -0.509 e. The summed E-state index contributed by atoms with van der Waals surface area (Å²) in [5.74, 6) is 2.78. The van der Waals surface area contributed by atoms with Crippen molar-refractivity contribution in [1.29, 1.82) is 0 Å². The van der Waals surface area contributed by atoms with Crippen LogP contribution in [0.15, 0.2) is 243 Å². The molecule has 0 N–H and O–H groups in total. The molecule has 8 heteroatoms. The summed E-state index contributed by atoms with van der Waals surface area (Å²) in [6.07, 6.45) is 3.85. The van der Waals surface area contributed by atoms with Gasteiger partial charge in [-0.05, 0) is 140 Å². The number of nitrogens with zero attached hydrogens (tertiary/aromatic N) is 6. The molecule has 0 amide bonds. The van der Waals surface area contributed by atoms with Gasteiger partial charge in [0.15, 0.2) is 0 Å². The number of rotatable bonds is 8. The first-order valence-corrected chi connectivity index (χ1v) is 29.2. The normalized spacial score (nSPS) is 12.2. The van der Waals surface area contributed by atoms with Crippen LogP contribution in [0, 0.1) is 12.1 Å². The minimum absolute atomic E-state index is 0. The van der Waals surface area contributed by atoms with Gasteiger partial charge in [-0.3, -0.25) is 0 Å². The Morgan fingerprint density at radius 1 is 0.337 bits per heavy atom. The second-order valence-corrected chi connectivity index (χ2v) is 24.5. The van der Waals surface area contributed by atoms with Gasteiger partial charge < -0.3 is 23.0 Å². The Hall–Kier alpha value is -9.81. The van der Waals surface area contributed by atoms with Crippen LogP contribution in [0.5, 0.6) is 11.5 Å². The van der Waals surface area contributed by atoms with Gasteiger partial charge in [0.2, 0.25) is 0 Å². The Morgan fingerprint density at radius 2 is 0.733 bits per heavy atom. The second-order valence-electron chi connectivity index (χ2n) is 24.5. The molecule has 0 aliphatic carbocycles. The van der Waals surface area contributed by atoms with Gasteiger partial charge in [-0.1, -0.05) is 174 Å². The Balaban J connectivity index is 0.00000625. The Bertz CT molecular complexity index is 5030. The topological polar surface area (TPSA) is 54.7 Å². The molecule has 0 saturated heterocycles. The Kier molecular flexibility index (Phi) is 12.4. The molecular weight excluding hydrogens is 1230 g/mol. The van der Waals surface area contributed by atoms with E-state index in [9.17, 15) is 0 Å². The van der Waals surface area contributed by atoms with Crippen LogP contribution in [0.3, 0.4) is 0 Å². The molecule has 0 aliphatic heterocycles. The van der Waals surface area contributed by atoms with E-state index in [0.29, 0.717) is 11.5 Å². The van der Waals surface area contributed by atoms with E-state index in [1.54, 1.807) is 0 Å². The van der Waals surface area contributed by atoms with Crippen molar-refractivity contribution < 1.29 is 25.8 Å². The number of pyridine rings is 2. The van der Waals surface area contributed by atoms with Crippen LogP contribution >= 0.6 is 0 Å². The number of hydrogen-bond acceptors (Lipinski definition) is 3. The van der Waals surface area contributed by atoms with Gasteiger partial charge in [0.1, 0.15) is 11.6 Å².